The third kappa shape index (κ3) is 4.54. The Kier molecular flexibility index (Phi) is 5.78. The van der Waals surface area contributed by atoms with Gasteiger partial charge < -0.3 is 9.47 Å². The molecular weight excluding hydrogens is 337 g/mol. The third-order valence-electron chi connectivity index (χ3n) is 4.49. The summed E-state index contributed by atoms with van der Waals surface area (Å²) >= 11 is 0. The first-order valence-electron chi connectivity index (χ1n) is 8.65. The van der Waals surface area contributed by atoms with Crippen LogP contribution >= 0.6 is 0 Å². The molecule has 2 atom stereocenters. The number of aryl methyl sites for hydroxylation is 1. The maximum absolute atomic E-state index is 13.2. The van der Waals surface area contributed by atoms with Crippen molar-refractivity contribution in [1.82, 2.24) is 9.97 Å². The molecule has 1 heterocycles. The van der Waals surface area contributed by atoms with Crippen LogP contribution in [0.5, 0.6) is 5.88 Å². The number of benzene rings is 1. The second kappa shape index (κ2) is 8.23. The molecule has 3 rings (SSSR count). The van der Waals surface area contributed by atoms with E-state index in [0.29, 0.717) is 17.0 Å². The maximum atomic E-state index is 13.2. The van der Waals surface area contributed by atoms with Gasteiger partial charge in [0.2, 0.25) is 11.8 Å². The zero-order chi connectivity index (χ0) is 18.5. The highest BCUT2D eigenvalue weighted by molar-refractivity contribution is 6.04. The predicted molar refractivity (Wildman–Crippen MR) is 94.8 cm³/mol. The molecule has 1 aromatic heterocycles. The van der Waals surface area contributed by atoms with Crippen LogP contribution in [0.4, 0.5) is 10.3 Å². The van der Waals surface area contributed by atoms with Gasteiger partial charge in [0.25, 0.3) is 5.91 Å². The number of carbonyl (C=O) groups is 1. The van der Waals surface area contributed by atoms with E-state index in [2.05, 4.69) is 15.3 Å². The van der Waals surface area contributed by atoms with Gasteiger partial charge in [0.15, 0.2) is 0 Å². The number of ether oxygens (including phenoxy) is 2. The highest BCUT2D eigenvalue weighted by atomic mass is 19.1. The Morgan fingerprint density at radius 3 is 2.85 bits per heavy atom. The first-order chi connectivity index (χ1) is 12.5. The monoisotopic (exact) mass is 359 g/mol. The summed E-state index contributed by atoms with van der Waals surface area (Å²) in [4.78, 5) is 20.7. The number of amides is 1. The standard InChI is InChI=1S/C19H22FN3O3/c1-12-10-13(20)6-7-16(12)18(24)23-19-21-9-8-17(22-19)26-15-5-3-4-14(11-15)25-2/h6-10,14-15H,3-5,11H2,1-2H3,(H,21,22,23,24)/t14-,15-/m0/s1. The average Bonchev–Trinajstić information content (AvgIpc) is 2.62. The minimum absolute atomic E-state index is 0.0338. The van der Waals surface area contributed by atoms with Crippen LogP contribution < -0.4 is 10.1 Å². The van der Waals surface area contributed by atoms with Gasteiger partial charge in [-0.2, -0.15) is 4.98 Å². The molecule has 0 radical (unpaired) electrons. The summed E-state index contributed by atoms with van der Waals surface area (Å²) < 4.78 is 24.5. The molecule has 1 N–H and O–H groups in total. The summed E-state index contributed by atoms with van der Waals surface area (Å²) in [6.07, 6.45) is 5.62. The van der Waals surface area contributed by atoms with Crippen molar-refractivity contribution in [2.45, 2.75) is 44.8 Å². The van der Waals surface area contributed by atoms with Crippen LogP contribution in [0, 0.1) is 12.7 Å². The molecule has 1 aromatic carbocycles. The number of carbonyl (C=O) groups excluding carboxylic acids is 1. The fourth-order valence-electron chi connectivity index (χ4n) is 3.11. The molecule has 0 spiro atoms. The van der Waals surface area contributed by atoms with Crippen LogP contribution in [0.2, 0.25) is 0 Å². The van der Waals surface area contributed by atoms with Gasteiger partial charge in [0.1, 0.15) is 11.9 Å². The molecule has 6 nitrogen and oxygen atoms in total. The van der Waals surface area contributed by atoms with Crippen LogP contribution in [0.25, 0.3) is 0 Å². The van der Waals surface area contributed by atoms with E-state index < -0.39 is 5.91 Å². The van der Waals surface area contributed by atoms with E-state index in [1.807, 2.05) is 0 Å². The number of nitrogens with zero attached hydrogens (tertiary/aromatic N) is 2. The average molecular weight is 359 g/mol. The second-order valence-electron chi connectivity index (χ2n) is 6.40. The number of nitrogens with one attached hydrogen (secondary N) is 1. The van der Waals surface area contributed by atoms with Crippen molar-refractivity contribution in [2.24, 2.45) is 0 Å². The van der Waals surface area contributed by atoms with Crippen molar-refractivity contribution in [3.05, 3.63) is 47.4 Å². The highest BCUT2D eigenvalue weighted by Gasteiger charge is 2.23. The number of methoxy groups -OCH3 is 1. The lowest BCUT2D eigenvalue weighted by molar-refractivity contribution is 0.0195. The number of aromatic nitrogens is 2. The fraction of sp³-hybridized carbons (Fsp3) is 0.421. The van der Waals surface area contributed by atoms with E-state index in [-0.39, 0.29) is 24.0 Å². The van der Waals surface area contributed by atoms with E-state index in [0.717, 1.165) is 25.7 Å². The van der Waals surface area contributed by atoms with Crippen LogP contribution in [-0.4, -0.2) is 35.2 Å². The van der Waals surface area contributed by atoms with Crippen molar-refractivity contribution in [2.75, 3.05) is 12.4 Å². The van der Waals surface area contributed by atoms with Crippen molar-refractivity contribution in [1.29, 1.82) is 0 Å². The summed E-state index contributed by atoms with van der Waals surface area (Å²) in [5, 5.41) is 2.63. The van der Waals surface area contributed by atoms with Gasteiger partial charge in [0.05, 0.1) is 6.10 Å². The van der Waals surface area contributed by atoms with Crippen molar-refractivity contribution < 1.29 is 18.7 Å². The third-order valence-corrected chi connectivity index (χ3v) is 4.49. The number of hydrogen-bond donors (Lipinski definition) is 1. The highest BCUT2D eigenvalue weighted by Crippen LogP contribution is 2.24. The minimum Gasteiger partial charge on any atom is -0.474 e. The summed E-state index contributed by atoms with van der Waals surface area (Å²) in [7, 11) is 1.71. The van der Waals surface area contributed by atoms with E-state index in [1.54, 1.807) is 20.1 Å². The van der Waals surface area contributed by atoms with E-state index in [1.165, 1.54) is 24.4 Å². The molecular formula is C19H22FN3O3. The van der Waals surface area contributed by atoms with Crippen LogP contribution in [0.3, 0.4) is 0 Å². The van der Waals surface area contributed by atoms with Gasteiger partial charge in [-0.3, -0.25) is 10.1 Å². The zero-order valence-corrected chi connectivity index (χ0v) is 14.9. The minimum atomic E-state index is -0.392. The van der Waals surface area contributed by atoms with E-state index in [4.69, 9.17) is 9.47 Å². The Balaban J connectivity index is 1.66. The number of anilines is 1. The SMILES string of the molecule is CO[C@H]1CCC[C@H](Oc2ccnc(NC(=O)c3ccc(F)cc3C)n2)C1. The van der Waals surface area contributed by atoms with Gasteiger partial charge in [-0.1, -0.05) is 0 Å². The first kappa shape index (κ1) is 18.3. The molecule has 138 valence electrons. The summed E-state index contributed by atoms with van der Waals surface area (Å²) in [5.41, 5.74) is 0.916. The number of halogens is 1. The smallest absolute Gasteiger partial charge is 0.258 e. The molecule has 0 saturated heterocycles. The van der Waals surface area contributed by atoms with Gasteiger partial charge >= 0.3 is 0 Å². The Labute approximate surface area is 151 Å². The molecule has 1 saturated carbocycles. The molecule has 0 bridgehead atoms. The van der Waals surface area contributed by atoms with Gasteiger partial charge in [0, 0.05) is 31.4 Å². The van der Waals surface area contributed by atoms with Crippen LogP contribution in [-0.2, 0) is 4.74 Å². The van der Waals surface area contributed by atoms with Crippen LogP contribution in [0.15, 0.2) is 30.5 Å². The largest absolute Gasteiger partial charge is 0.474 e. The van der Waals surface area contributed by atoms with Crippen LogP contribution in [0.1, 0.15) is 41.6 Å². The number of hydrogen-bond acceptors (Lipinski definition) is 5. The molecule has 1 aliphatic rings. The molecule has 0 aliphatic heterocycles. The quantitative estimate of drug-likeness (QED) is 0.884. The normalized spacial score (nSPS) is 19.8. The lowest BCUT2D eigenvalue weighted by atomic mass is 9.95. The number of rotatable bonds is 5. The predicted octanol–water partition coefficient (Wildman–Crippen LogP) is 3.51. The second-order valence-corrected chi connectivity index (χ2v) is 6.40. The Morgan fingerprint density at radius 2 is 2.08 bits per heavy atom. The summed E-state index contributed by atoms with van der Waals surface area (Å²) in [5.74, 6) is -0.215. The Morgan fingerprint density at radius 1 is 1.27 bits per heavy atom. The molecule has 1 amide bonds. The molecule has 1 aliphatic carbocycles. The fourth-order valence-corrected chi connectivity index (χ4v) is 3.11. The summed E-state index contributed by atoms with van der Waals surface area (Å²) in [6.45, 7) is 1.67. The summed E-state index contributed by atoms with van der Waals surface area (Å²) in [6, 6.07) is 5.66. The van der Waals surface area contributed by atoms with Gasteiger partial charge in [-0.15, -0.1) is 0 Å². The topological polar surface area (TPSA) is 73.3 Å². The van der Waals surface area contributed by atoms with Crippen molar-refractivity contribution in [3.8, 4) is 5.88 Å². The Bertz CT molecular complexity index is 784. The molecule has 0 unspecified atom stereocenters. The van der Waals surface area contributed by atoms with Gasteiger partial charge in [-0.25, -0.2) is 9.37 Å². The van der Waals surface area contributed by atoms with Gasteiger partial charge in [-0.05, 0) is 49.9 Å². The lowest BCUT2D eigenvalue weighted by Crippen LogP contribution is -2.29. The Hall–Kier alpha value is -2.54. The molecule has 1 fully saturated rings. The molecule has 2 aromatic rings. The van der Waals surface area contributed by atoms with Crippen molar-refractivity contribution in [3.63, 3.8) is 0 Å². The van der Waals surface area contributed by atoms with E-state index >= 15 is 0 Å². The zero-order valence-electron chi connectivity index (χ0n) is 14.9. The first-order valence-corrected chi connectivity index (χ1v) is 8.65. The lowest BCUT2D eigenvalue weighted by Gasteiger charge is -2.28. The van der Waals surface area contributed by atoms with Crippen molar-refractivity contribution >= 4 is 11.9 Å². The maximum Gasteiger partial charge on any atom is 0.258 e. The van der Waals surface area contributed by atoms with E-state index in [9.17, 15) is 9.18 Å². The molecule has 7 heteroatoms. The molecule has 26 heavy (non-hydrogen) atoms.